The van der Waals surface area contributed by atoms with E-state index in [-0.39, 0.29) is 11.8 Å². The van der Waals surface area contributed by atoms with Crippen molar-refractivity contribution in [2.24, 2.45) is 27.4 Å². The average Bonchev–Trinajstić information content (AvgIpc) is 2.81. The Kier molecular flexibility index (Phi) is 7.64. The Bertz CT molecular complexity index is 1150. The summed E-state index contributed by atoms with van der Waals surface area (Å²) >= 11 is 0. The fourth-order valence-electron chi connectivity index (χ4n) is 3.11. The van der Waals surface area contributed by atoms with E-state index >= 15 is 0 Å². The number of rotatable bonds is 8. The van der Waals surface area contributed by atoms with Crippen molar-refractivity contribution in [1.82, 2.24) is 10.6 Å². The lowest BCUT2D eigenvalue weighted by atomic mass is 10.0. The molecule has 0 saturated carbocycles. The van der Waals surface area contributed by atoms with Gasteiger partial charge in [0.15, 0.2) is 5.88 Å². The first-order valence-electron chi connectivity index (χ1n) is 10.5. The fourth-order valence-corrected chi connectivity index (χ4v) is 3.11. The minimum Gasteiger partial charge on any atom is -0.441 e. The third-order valence-corrected chi connectivity index (χ3v) is 4.85. The minimum atomic E-state index is 0.183. The van der Waals surface area contributed by atoms with Crippen LogP contribution < -0.4 is 26.8 Å². The molecule has 33 heavy (non-hydrogen) atoms. The number of hydrogen-bond donors (Lipinski definition) is 5. The van der Waals surface area contributed by atoms with Crippen molar-refractivity contribution in [2.75, 3.05) is 7.05 Å². The zero-order valence-electron chi connectivity index (χ0n) is 19.0. The summed E-state index contributed by atoms with van der Waals surface area (Å²) in [5.41, 5.74) is 16.3. The zero-order valence-corrected chi connectivity index (χ0v) is 19.0. The Morgan fingerprint density at radius 1 is 1.12 bits per heavy atom. The summed E-state index contributed by atoms with van der Waals surface area (Å²) in [5, 5.41) is 14.0. The first-order chi connectivity index (χ1) is 15.9. The van der Waals surface area contributed by atoms with Gasteiger partial charge in [0.05, 0.1) is 17.0 Å². The van der Waals surface area contributed by atoms with Gasteiger partial charge >= 0.3 is 0 Å². The summed E-state index contributed by atoms with van der Waals surface area (Å²) in [6.07, 6.45) is 12.2. The molecule has 7 N–H and O–H groups in total. The van der Waals surface area contributed by atoms with Gasteiger partial charge in [-0.1, -0.05) is 32.0 Å². The third-order valence-electron chi connectivity index (χ3n) is 4.85. The molecule has 0 spiro atoms. The smallest absolute Gasteiger partial charge is 0.200 e. The van der Waals surface area contributed by atoms with Crippen LogP contribution >= 0.6 is 0 Å². The molecule has 1 aromatic rings. The maximum absolute atomic E-state index is 7.52. The van der Waals surface area contributed by atoms with Crippen LogP contribution in [0.5, 0.6) is 5.75 Å². The van der Waals surface area contributed by atoms with Crippen LogP contribution in [0.25, 0.3) is 0 Å². The van der Waals surface area contributed by atoms with Gasteiger partial charge in [0.1, 0.15) is 17.4 Å². The maximum atomic E-state index is 7.52. The minimum absolute atomic E-state index is 0.183. The highest BCUT2D eigenvalue weighted by Gasteiger charge is 2.18. The Hall–Kier alpha value is -4.33. The first kappa shape index (κ1) is 23.3. The second kappa shape index (κ2) is 10.8. The van der Waals surface area contributed by atoms with Crippen LogP contribution in [0.3, 0.4) is 0 Å². The summed E-state index contributed by atoms with van der Waals surface area (Å²) in [6.45, 7) is 4.00. The fraction of sp³-hybridized carbons (Fsp3) is 0.160. The number of aliphatic imine (C=N–C) groups is 2. The number of amidine groups is 1. The molecule has 0 aromatic heterocycles. The molecule has 8 nitrogen and oxygen atoms in total. The van der Waals surface area contributed by atoms with Gasteiger partial charge < -0.3 is 32.2 Å². The summed E-state index contributed by atoms with van der Waals surface area (Å²) in [7, 11) is 1.68. The molecule has 2 aliphatic heterocycles. The van der Waals surface area contributed by atoms with Crippen LogP contribution in [0.2, 0.25) is 0 Å². The van der Waals surface area contributed by atoms with Crippen LogP contribution in [0, 0.1) is 11.3 Å². The van der Waals surface area contributed by atoms with E-state index in [0.717, 1.165) is 22.5 Å². The third kappa shape index (κ3) is 6.10. The van der Waals surface area contributed by atoms with E-state index in [9.17, 15) is 0 Å². The number of nitrogens with one attached hydrogen (secondary N) is 3. The first-order valence-corrected chi connectivity index (χ1v) is 10.5. The number of dihydropyridines is 2. The molecule has 8 heteroatoms. The zero-order chi connectivity index (χ0) is 23.8. The average molecular weight is 444 g/mol. The topological polar surface area (TPSA) is 134 Å². The van der Waals surface area contributed by atoms with Gasteiger partial charge in [0.2, 0.25) is 0 Å². The van der Waals surface area contributed by atoms with E-state index in [2.05, 4.69) is 20.6 Å². The quantitative estimate of drug-likeness (QED) is 0.239. The van der Waals surface area contributed by atoms with Crippen LogP contribution in [0.4, 0.5) is 0 Å². The van der Waals surface area contributed by atoms with Crippen LogP contribution in [0.1, 0.15) is 13.8 Å². The van der Waals surface area contributed by atoms with Crippen molar-refractivity contribution < 1.29 is 4.74 Å². The number of nitrogens with two attached hydrogens (primary N) is 2. The SMILES string of the molecule is CN=CC(C1=CNC2=CC=C(N=C(N)C=C(C=N)C(C)C)NC2=C1)=C(N)Oc1ccccc1. The highest BCUT2D eigenvalue weighted by atomic mass is 16.5. The Morgan fingerprint density at radius 2 is 1.88 bits per heavy atom. The maximum Gasteiger partial charge on any atom is 0.200 e. The highest BCUT2D eigenvalue weighted by molar-refractivity contribution is 5.97. The second-order valence-corrected chi connectivity index (χ2v) is 7.62. The van der Waals surface area contributed by atoms with Gasteiger partial charge in [-0.05, 0) is 47.9 Å². The van der Waals surface area contributed by atoms with Gasteiger partial charge in [0, 0.05) is 31.2 Å². The van der Waals surface area contributed by atoms with Gasteiger partial charge in [-0.2, -0.15) is 0 Å². The van der Waals surface area contributed by atoms with Crippen molar-refractivity contribution in [3.05, 3.63) is 101 Å². The molecule has 0 atom stereocenters. The van der Waals surface area contributed by atoms with Gasteiger partial charge in [-0.3, -0.25) is 4.99 Å². The van der Waals surface area contributed by atoms with Crippen LogP contribution in [-0.2, 0) is 0 Å². The Labute approximate surface area is 194 Å². The highest BCUT2D eigenvalue weighted by Crippen LogP contribution is 2.24. The number of allylic oxidation sites excluding steroid dienone is 6. The van der Waals surface area contributed by atoms with Crippen LogP contribution in [0.15, 0.2) is 111 Å². The molecular formula is C25H29N7O. The number of fused-ring (bicyclic) bond motifs is 1. The predicted octanol–water partition coefficient (Wildman–Crippen LogP) is 3.22. The van der Waals surface area contributed by atoms with E-state index in [1.807, 2.05) is 68.6 Å². The lowest BCUT2D eigenvalue weighted by Crippen LogP contribution is -2.27. The van der Waals surface area contributed by atoms with Crippen molar-refractivity contribution in [3.63, 3.8) is 0 Å². The molecule has 0 saturated heterocycles. The van der Waals surface area contributed by atoms with E-state index in [0.29, 0.717) is 23.0 Å². The van der Waals surface area contributed by atoms with Crippen molar-refractivity contribution in [3.8, 4) is 5.75 Å². The lowest BCUT2D eigenvalue weighted by molar-refractivity contribution is 0.417. The number of benzene rings is 1. The van der Waals surface area contributed by atoms with Crippen LogP contribution in [-0.4, -0.2) is 25.3 Å². The monoisotopic (exact) mass is 443 g/mol. The number of hydrogen-bond acceptors (Lipinski definition) is 7. The summed E-state index contributed by atoms with van der Waals surface area (Å²) in [4.78, 5) is 8.57. The Morgan fingerprint density at radius 3 is 2.55 bits per heavy atom. The molecule has 0 radical (unpaired) electrons. The molecule has 170 valence electrons. The Balaban J connectivity index is 1.85. The van der Waals surface area contributed by atoms with E-state index in [1.54, 1.807) is 19.3 Å². The van der Waals surface area contributed by atoms with E-state index in [1.165, 1.54) is 6.21 Å². The molecule has 0 aliphatic carbocycles. The molecule has 0 fully saturated rings. The molecular weight excluding hydrogens is 414 g/mol. The van der Waals surface area contributed by atoms with Gasteiger partial charge in [-0.15, -0.1) is 0 Å². The summed E-state index contributed by atoms with van der Waals surface area (Å²) in [5.74, 6) is 1.95. The largest absolute Gasteiger partial charge is 0.441 e. The van der Waals surface area contributed by atoms with Gasteiger partial charge in [-0.25, -0.2) is 4.99 Å². The van der Waals surface area contributed by atoms with E-state index in [4.69, 9.17) is 21.6 Å². The molecule has 0 bridgehead atoms. The molecule has 2 heterocycles. The predicted molar refractivity (Wildman–Crippen MR) is 135 cm³/mol. The van der Waals surface area contributed by atoms with Crippen molar-refractivity contribution >= 4 is 18.3 Å². The molecule has 0 unspecified atom stereocenters. The van der Waals surface area contributed by atoms with Crippen molar-refractivity contribution in [2.45, 2.75) is 13.8 Å². The summed E-state index contributed by atoms with van der Waals surface area (Å²) < 4.78 is 5.82. The van der Waals surface area contributed by atoms with Gasteiger partial charge in [0.25, 0.3) is 0 Å². The van der Waals surface area contributed by atoms with E-state index < -0.39 is 0 Å². The molecule has 2 aliphatic rings. The molecule has 1 aromatic carbocycles. The van der Waals surface area contributed by atoms with Crippen molar-refractivity contribution in [1.29, 1.82) is 5.41 Å². The molecule has 0 amide bonds. The number of para-hydroxylation sites is 1. The lowest BCUT2D eigenvalue weighted by Gasteiger charge is -2.23. The normalized spacial score (nSPS) is 17.1. The number of nitrogens with zero attached hydrogens (tertiary/aromatic N) is 2. The summed E-state index contributed by atoms with van der Waals surface area (Å²) in [6, 6.07) is 9.33. The number of ether oxygens (including phenoxy) is 1. The second-order valence-electron chi connectivity index (χ2n) is 7.62. The molecule has 3 rings (SSSR count). The standard InChI is InChI=1S/C25H29N7O/c1-16(2)17(13-26)12-23(27)32-24-10-9-21-22(31-24)11-18(14-30-21)20(15-29-3)25(28)33-19-7-5-4-6-8-19/h4-16,26,30-31H,28H2,1-3H3,(H2,27,32).